The summed E-state index contributed by atoms with van der Waals surface area (Å²) in [5, 5.41) is 1.52. The molecule has 0 aliphatic rings. The summed E-state index contributed by atoms with van der Waals surface area (Å²) < 4.78 is 32.3. The minimum absolute atomic E-state index is 0.130. The van der Waals surface area contributed by atoms with Gasteiger partial charge in [0.05, 0.1) is 21.3 Å². The molecule has 0 unspecified atom stereocenters. The largest absolute Gasteiger partial charge is 0.354 e. The van der Waals surface area contributed by atoms with Gasteiger partial charge in [-0.2, -0.15) is 8.42 Å². The molecule has 2 aromatic heterocycles. The Labute approximate surface area is 169 Å². The Bertz CT molecular complexity index is 1780. The number of pyridine rings is 2. The molecule has 30 heavy (non-hydrogen) atoms. The molecule has 0 aliphatic carbocycles. The van der Waals surface area contributed by atoms with E-state index in [1.165, 1.54) is 12.1 Å². The molecule has 8 heteroatoms. The van der Waals surface area contributed by atoms with Gasteiger partial charge in [-0.1, -0.05) is 11.6 Å². The van der Waals surface area contributed by atoms with E-state index in [2.05, 4.69) is 9.97 Å². The van der Waals surface area contributed by atoms with E-state index in [1.807, 2.05) is 25.1 Å². The van der Waals surface area contributed by atoms with Crippen LogP contribution in [-0.4, -0.2) is 22.9 Å². The lowest BCUT2D eigenvalue weighted by molar-refractivity contribution is 0.483. The number of aromatic amines is 2. The fourth-order valence-corrected chi connectivity index (χ4v) is 4.55. The molecule has 2 heterocycles. The van der Waals surface area contributed by atoms with Crippen molar-refractivity contribution < 1.29 is 13.0 Å². The van der Waals surface area contributed by atoms with Crippen LogP contribution in [-0.2, 0) is 10.1 Å². The van der Waals surface area contributed by atoms with Crippen molar-refractivity contribution in [3.05, 3.63) is 74.0 Å². The van der Waals surface area contributed by atoms with E-state index < -0.39 is 10.1 Å². The molecule has 0 aliphatic heterocycles. The van der Waals surface area contributed by atoms with Crippen molar-refractivity contribution >= 4 is 53.7 Å². The van der Waals surface area contributed by atoms with Crippen LogP contribution in [0.15, 0.2) is 56.9 Å². The molecule has 5 rings (SSSR count). The quantitative estimate of drug-likeness (QED) is 0.283. The van der Waals surface area contributed by atoms with Crippen molar-refractivity contribution in [2.75, 3.05) is 0 Å². The van der Waals surface area contributed by atoms with Crippen LogP contribution in [0, 0.1) is 13.8 Å². The summed E-state index contributed by atoms with van der Waals surface area (Å²) in [6, 6.07) is 11.0. The lowest BCUT2D eigenvalue weighted by Gasteiger charge is -2.11. The number of nitrogens with one attached hydrogen (secondary N) is 2. The van der Waals surface area contributed by atoms with Gasteiger partial charge in [0, 0.05) is 27.2 Å². The maximum absolute atomic E-state index is 13.2. The summed E-state index contributed by atoms with van der Waals surface area (Å²) >= 11 is 0. The van der Waals surface area contributed by atoms with Crippen LogP contribution in [0.4, 0.5) is 0 Å². The van der Waals surface area contributed by atoms with E-state index >= 15 is 0 Å². The third kappa shape index (κ3) is 2.58. The van der Waals surface area contributed by atoms with Gasteiger partial charge >= 0.3 is 0 Å². The molecular formula is C22H16N2O5S. The normalized spacial score (nSPS) is 12.4. The highest BCUT2D eigenvalue weighted by atomic mass is 32.2. The van der Waals surface area contributed by atoms with Crippen LogP contribution < -0.4 is 10.9 Å². The van der Waals surface area contributed by atoms with E-state index in [4.69, 9.17) is 0 Å². The summed E-state index contributed by atoms with van der Waals surface area (Å²) in [5.41, 5.74) is 3.16. The number of hydrogen-bond donors (Lipinski definition) is 3. The molecule has 0 saturated carbocycles. The number of aryl methyl sites for hydroxylation is 2. The van der Waals surface area contributed by atoms with Crippen LogP contribution in [0.2, 0.25) is 0 Å². The summed E-state index contributed by atoms with van der Waals surface area (Å²) in [4.78, 5) is 32.4. The van der Waals surface area contributed by atoms with Gasteiger partial charge in [0.15, 0.2) is 10.9 Å². The van der Waals surface area contributed by atoms with E-state index in [0.29, 0.717) is 43.8 Å². The minimum atomic E-state index is -4.44. The zero-order valence-corrected chi connectivity index (χ0v) is 16.8. The Kier molecular flexibility index (Phi) is 3.71. The molecule has 5 aromatic rings. The second kappa shape index (κ2) is 6.01. The van der Waals surface area contributed by atoms with Crippen molar-refractivity contribution in [3.8, 4) is 0 Å². The SMILES string of the molecule is Cc1ccc2[nH]c3c(C)c4c(=O)c5cc(S(=O)(=O)O)ccc5[nH]c4cc3c(=O)c2c1. The van der Waals surface area contributed by atoms with Crippen LogP contribution in [0.5, 0.6) is 0 Å². The Morgan fingerprint density at radius 2 is 1.43 bits per heavy atom. The number of rotatable bonds is 1. The second-order valence-corrected chi connectivity index (χ2v) is 8.91. The Morgan fingerprint density at radius 1 is 0.767 bits per heavy atom. The van der Waals surface area contributed by atoms with Crippen molar-refractivity contribution in [1.82, 2.24) is 9.97 Å². The summed E-state index contributed by atoms with van der Waals surface area (Å²) in [6.45, 7) is 3.66. The van der Waals surface area contributed by atoms with Gasteiger partial charge < -0.3 is 9.97 Å². The first-order valence-corrected chi connectivity index (χ1v) is 10.6. The van der Waals surface area contributed by atoms with Crippen molar-refractivity contribution in [2.45, 2.75) is 18.7 Å². The van der Waals surface area contributed by atoms with Crippen LogP contribution in [0.25, 0.3) is 43.6 Å². The van der Waals surface area contributed by atoms with Crippen molar-refractivity contribution in [2.24, 2.45) is 0 Å². The second-order valence-electron chi connectivity index (χ2n) is 7.49. The number of fused-ring (bicyclic) bond motifs is 4. The molecule has 3 aromatic carbocycles. The van der Waals surface area contributed by atoms with Crippen LogP contribution in [0.3, 0.4) is 0 Å². The Balaban J connectivity index is 1.99. The van der Waals surface area contributed by atoms with Gasteiger partial charge in [-0.05, 0) is 55.8 Å². The van der Waals surface area contributed by atoms with Crippen LogP contribution >= 0.6 is 0 Å². The van der Waals surface area contributed by atoms with Gasteiger partial charge in [-0.25, -0.2) is 0 Å². The van der Waals surface area contributed by atoms with E-state index in [1.54, 1.807) is 13.0 Å². The first kappa shape index (κ1) is 18.5. The van der Waals surface area contributed by atoms with Crippen molar-refractivity contribution in [3.63, 3.8) is 0 Å². The molecule has 0 radical (unpaired) electrons. The molecular weight excluding hydrogens is 404 g/mol. The van der Waals surface area contributed by atoms with Crippen molar-refractivity contribution in [1.29, 1.82) is 0 Å². The Hall–Kier alpha value is -3.49. The van der Waals surface area contributed by atoms with Gasteiger partial charge in [-0.3, -0.25) is 14.1 Å². The molecule has 0 amide bonds. The first-order chi connectivity index (χ1) is 14.1. The van der Waals surface area contributed by atoms with Gasteiger partial charge in [-0.15, -0.1) is 0 Å². The third-order valence-corrected chi connectivity index (χ3v) is 6.38. The Morgan fingerprint density at radius 3 is 2.17 bits per heavy atom. The molecule has 0 saturated heterocycles. The number of hydrogen-bond acceptors (Lipinski definition) is 4. The molecule has 0 atom stereocenters. The van der Waals surface area contributed by atoms with E-state index in [-0.39, 0.29) is 21.1 Å². The average Bonchev–Trinajstić information content (AvgIpc) is 2.69. The highest BCUT2D eigenvalue weighted by Gasteiger charge is 2.17. The predicted octanol–water partition coefficient (Wildman–Crippen LogP) is 3.54. The summed E-state index contributed by atoms with van der Waals surface area (Å²) in [6.07, 6.45) is 0. The maximum atomic E-state index is 13.2. The van der Waals surface area contributed by atoms with Crippen LogP contribution in [0.1, 0.15) is 11.1 Å². The maximum Gasteiger partial charge on any atom is 0.294 e. The smallest absolute Gasteiger partial charge is 0.294 e. The topological polar surface area (TPSA) is 120 Å². The van der Waals surface area contributed by atoms with Gasteiger partial charge in [0.25, 0.3) is 10.1 Å². The molecule has 150 valence electrons. The first-order valence-electron chi connectivity index (χ1n) is 9.18. The lowest BCUT2D eigenvalue weighted by Crippen LogP contribution is -2.11. The molecule has 3 N–H and O–H groups in total. The molecule has 0 spiro atoms. The standard InChI is InChI=1S/C22H16N2O5S/c1-10-3-5-17-13(7-10)21(25)15-9-18-19(11(2)20(15)24-17)22(26)14-8-12(30(27,28)29)4-6-16(14)23-18/h3-9H,1-2H3,(H,23,26)(H,24,25)(H,27,28,29). The zero-order valence-electron chi connectivity index (χ0n) is 16.0. The highest BCUT2D eigenvalue weighted by molar-refractivity contribution is 7.85. The molecule has 0 bridgehead atoms. The zero-order chi connectivity index (χ0) is 21.4. The summed E-state index contributed by atoms with van der Waals surface area (Å²) in [7, 11) is -4.44. The molecule has 0 fully saturated rings. The predicted molar refractivity (Wildman–Crippen MR) is 117 cm³/mol. The van der Waals surface area contributed by atoms with Gasteiger partial charge in [0.2, 0.25) is 0 Å². The number of aromatic nitrogens is 2. The minimum Gasteiger partial charge on any atom is -0.354 e. The lowest BCUT2D eigenvalue weighted by atomic mass is 10.00. The average molecular weight is 420 g/mol. The molecule has 7 nitrogen and oxygen atoms in total. The number of H-pyrrole nitrogens is 2. The fraction of sp³-hybridized carbons (Fsp3) is 0.0909. The summed E-state index contributed by atoms with van der Waals surface area (Å²) in [5.74, 6) is 0. The van der Waals surface area contributed by atoms with E-state index in [0.717, 1.165) is 11.6 Å². The van der Waals surface area contributed by atoms with E-state index in [9.17, 15) is 22.6 Å². The highest BCUT2D eigenvalue weighted by Crippen LogP contribution is 2.26. The van der Waals surface area contributed by atoms with Gasteiger partial charge in [0.1, 0.15) is 0 Å². The number of benzene rings is 3. The fourth-order valence-electron chi connectivity index (χ4n) is 4.04. The monoisotopic (exact) mass is 420 g/mol. The third-order valence-electron chi connectivity index (χ3n) is 5.53.